The van der Waals surface area contributed by atoms with Crippen LogP contribution in [0.4, 0.5) is 11.6 Å². The molecule has 2 aromatic rings. The summed E-state index contributed by atoms with van der Waals surface area (Å²) in [6.07, 6.45) is 3.98. The van der Waals surface area contributed by atoms with E-state index in [-0.39, 0.29) is 18.8 Å². The highest BCUT2D eigenvalue weighted by Crippen LogP contribution is 2.30. The van der Waals surface area contributed by atoms with Gasteiger partial charge in [0.25, 0.3) is 0 Å². The van der Waals surface area contributed by atoms with Crippen LogP contribution in [0.3, 0.4) is 0 Å². The van der Waals surface area contributed by atoms with E-state index in [4.69, 9.17) is 4.74 Å². The molecule has 1 aromatic carbocycles. The second-order valence-corrected chi connectivity index (χ2v) is 8.24. The topological polar surface area (TPSA) is 65.0 Å². The van der Waals surface area contributed by atoms with Gasteiger partial charge in [-0.2, -0.15) is 0 Å². The summed E-state index contributed by atoms with van der Waals surface area (Å²) < 4.78 is 6.12. The van der Waals surface area contributed by atoms with E-state index in [1.54, 1.807) is 6.33 Å². The van der Waals surface area contributed by atoms with Crippen LogP contribution in [-0.2, 0) is 11.3 Å². The molecule has 0 aliphatic carbocycles. The van der Waals surface area contributed by atoms with E-state index in [2.05, 4.69) is 61.1 Å². The van der Waals surface area contributed by atoms with Gasteiger partial charge < -0.3 is 19.6 Å². The Morgan fingerprint density at radius 2 is 1.93 bits per heavy atom. The number of hydrogen-bond donors (Lipinski definition) is 1. The van der Waals surface area contributed by atoms with Gasteiger partial charge in [-0.1, -0.05) is 30.3 Å². The van der Waals surface area contributed by atoms with Crippen molar-refractivity contribution in [3.63, 3.8) is 0 Å². The number of benzene rings is 1. The van der Waals surface area contributed by atoms with Crippen molar-refractivity contribution in [1.29, 1.82) is 0 Å². The van der Waals surface area contributed by atoms with Crippen molar-refractivity contribution in [2.75, 3.05) is 49.2 Å². The molecule has 4 heterocycles. The Bertz CT molecular complexity index is 820. The maximum absolute atomic E-state index is 9.65. The van der Waals surface area contributed by atoms with Crippen molar-refractivity contribution < 1.29 is 9.84 Å². The van der Waals surface area contributed by atoms with E-state index in [9.17, 15) is 5.11 Å². The number of rotatable bonds is 5. The minimum atomic E-state index is 0.170. The highest BCUT2D eigenvalue weighted by Gasteiger charge is 2.40. The molecule has 7 heteroatoms. The minimum Gasteiger partial charge on any atom is -0.394 e. The van der Waals surface area contributed by atoms with Gasteiger partial charge in [-0.25, -0.2) is 9.97 Å². The Morgan fingerprint density at radius 1 is 1.07 bits per heavy atom. The maximum Gasteiger partial charge on any atom is 0.134 e. The molecule has 5 rings (SSSR count). The Hall–Kier alpha value is -2.22. The number of aromatic nitrogens is 2. The molecule has 1 aromatic heterocycles. The van der Waals surface area contributed by atoms with Crippen molar-refractivity contribution >= 4 is 11.6 Å². The van der Waals surface area contributed by atoms with Crippen LogP contribution < -0.4 is 9.80 Å². The molecule has 0 saturated carbocycles. The highest BCUT2D eigenvalue weighted by atomic mass is 16.5. The molecule has 0 amide bonds. The standard InChI is InChI=1S/C22H29N5O2/c28-15-18-7-4-8-27(18)22-11-21(23-16-24-22)26-13-19-20(14-26)29-10-9-25(19)12-17-5-2-1-3-6-17/h1-3,5-6,11,16,18-20,28H,4,7-10,12-15H2. The van der Waals surface area contributed by atoms with Gasteiger partial charge in [-0.05, 0) is 18.4 Å². The van der Waals surface area contributed by atoms with Gasteiger partial charge in [0.1, 0.15) is 18.0 Å². The third-order valence-corrected chi connectivity index (χ3v) is 6.49. The van der Waals surface area contributed by atoms with Crippen LogP contribution in [0.1, 0.15) is 18.4 Å². The molecule has 3 unspecified atom stereocenters. The number of aliphatic hydroxyl groups is 1. The molecule has 3 aliphatic heterocycles. The summed E-state index contributed by atoms with van der Waals surface area (Å²) in [4.78, 5) is 16.1. The van der Waals surface area contributed by atoms with Crippen molar-refractivity contribution in [3.05, 3.63) is 48.3 Å². The number of anilines is 2. The first-order valence-electron chi connectivity index (χ1n) is 10.7. The summed E-state index contributed by atoms with van der Waals surface area (Å²) in [6, 6.07) is 13.3. The predicted octanol–water partition coefficient (Wildman–Crippen LogP) is 1.53. The summed E-state index contributed by atoms with van der Waals surface area (Å²) >= 11 is 0. The fourth-order valence-electron chi connectivity index (χ4n) is 4.95. The molecule has 154 valence electrons. The maximum atomic E-state index is 9.65. The quantitative estimate of drug-likeness (QED) is 0.824. The average Bonchev–Trinajstić information content (AvgIpc) is 3.42. The van der Waals surface area contributed by atoms with Crippen LogP contribution in [0.15, 0.2) is 42.7 Å². The van der Waals surface area contributed by atoms with Gasteiger partial charge in [0.15, 0.2) is 0 Å². The van der Waals surface area contributed by atoms with Crippen LogP contribution in [0, 0.1) is 0 Å². The smallest absolute Gasteiger partial charge is 0.134 e. The first kappa shape index (κ1) is 18.8. The van der Waals surface area contributed by atoms with Gasteiger partial charge in [-0.15, -0.1) is 0 Å². The zero-order valence-electron chi connectivity index (χ0n) is 16.7. The molecule has 3 aliphatic rings. The Balaban J connectivity index is 1.31. The van der Waals surface area contributed by atoms with E-state index in [1.165, 1.54) is 5.56 Å². The number of hydrogen-bond acceptors (Lipinski definition) is 7. The predicted molar refractivity (Wildman–Crippen MR) is 112 cm³/mol. The van der Waals surface area contributed by atoms with Crippen LogP contribution in [0.5, 0.6) is 0 Å². The minimum absolute atomic E-state index is 0.170. The van der Waals surface area contributed by atoms with Crippen LogP contribution in [0.25, 0.3) is 0 Å². The van der Waals surface area contributed by atoms with Crippen molar-refractivity contribution in [1.82, 2.24) is 14.9 Å². The Morgan fingerprint density at radius 3 is 2.79 bits per heavy atom. The van der Waals surface area contributed by atoms with E-state index in [0.29, 0.717) is 6.04 Å². The Labute approximate surface area is 171 Å². The summed E-state index contributed by atoms with van der Waals surface area (Å²) in [5, 5.41) is 9.65. The molecule has 3 atom stereocenters. The monoisotopic (exact) mass is 395 g/mol. The molecule has 7 nitrogen and oxygen atoms in total. The summed E-state index contributed by atoms with van der Waals surface area (Å²) in [7, 11) is 0. The highest BCUT2D eigenvalue weighted by molar-refractivity contribution is 5.52. The third kappa shape index (κ3) is 3.82. The number of nitrogens with zero attached hydrogens (tertiary/aromatic N) is 5. The normalized spacial score (nSPS) is 27.4. The molecule has 3 fully saturated rings. The molecule has 1 N–H and O–H groups in total. The number of aliphatic hydroxyl groups excluding tert-OH is 1. The SMILES string of the molecule is OCC1CCCN1c1cc(N2CC3OCCN(Cc4ccccc4)C3C2)ncn1. The largest absolute Gasteiger partial charge is 0.394 e. The van der Waals surface area contributed by atoms with Crippen molar-refractivity contribution in [2.24, 2.45) is 0 Å². The lowest BCUT2D eigenvalue weighted by Gasteiger charge is -2.36. The van der Waals surface area contributed by atoms with Gasteiger partial charge in [0.2, 0.25) is 0 Å². The Kier molecular flexibility index (Phi) is 5.35. The average molecular weight is 396 g/mol. The summed E-state index contributed by atoms with van der Waals surface area (Å²) in [5.74, 6) is 1.87. The number of morpholine rings is 1. The second-order valence-electron chi connectivity index (χ2n) is 8.24. The van der Waals surface area contributed by atoms with Crippen molar-refractivity contribution in [3.8, 4) is 0 Å². The van der Waals surface area contributed by atoms with E-state index < -0.39 is 0 Å². The van der Waals surface area contributed by atoms with Crippen LogP contribution in [0.2, 0.25) is 0 Å². The van der Waals surface area contributed by atoms with Gasteiger partial charge in [0.05, 0.1) is 31.4 Å². The second kappa shape index (κ2) is 8.26. The first-order chi connectivity index (χ1) is 14.3. The van der Waals surface area contributed by atoms with Gasteiger partial charge in [-0.3, -0.25) is 4.90 Å². The number of fused-ring (bicyclic) bond motifs is 1. The van der Waals surface area contributed by atoms with Crippen LogP contribution in [-0.4, -0.2) is 77.6 Å². The molecular formula is C22H29N5O2. The molecule has 0 spiro atoms. The lowest BCUT2D eigenvalue weighted by molar-refractivity contribution is -0.0499. The summed E-state index contributed by atoms with van der Waals surface area (Å²) in [6.45, 7) is 5.59. The molecule has 0 bridgehead atoms. The molecule has 0 radical (unpaired) electrons. The van der Waals surface area contributed by atoms with Crippen molar-refractivity contribution in [2.45, 2.75) is 37.6 Å². The fraction of sp³-hybridized carbons (Fsp3) is 0.545. The zero-order valence-corrected chi connectivity index (χ0v) is 16.7. The number of ether oxygens (including phenoxy) is 1. The first-order valence-corrected chi connectivity index (χ1v) is 10.7. The van der Waals surface area contributed by atoms with E-state index in [1.807, 2.05) is 0 Å². The van der Waals surface area contributed by atoms with Gasteiger partial charge >= 0.3 is 0 Å². The third-order valence-electron chi connectivity index (χ3n) is 6.49. The molecular weight excluding hydrogens is 366 g/mol. The molecule has 3 saturated heterocycles. The lowest BCUT2D eigenvalue weighted by atomic mass is 10.1. The fourth-order valence-corrected chi connectivity index (χ4v) is 4.95. The zero-order chi connectivity index (χ0) is 19.6. The van der Waals surface area contributed by atoms with E-state index >= 15 is 0 Å². The lowest BCUT2D eigenvalue weighted by Crippen LogP contribution is -2.50. The van der Waals surface area contributed by atoms with Gasteiger partial charge in [0, 0.05) is 38.8 Å². The molecule has 29 heavy (non-hydrogen) atoms. The van der Waals surface area contributed by atoms with Crippen LogP contribution >= 0.6 is 0 Å². The summed E-state index contributed by atoms with van der Waals surface area (Å²) in [5.41, 5.74) is 1.35. The van der Waals surface area contributed by atoms with E-state index in [0.717, 1.165) is 63.8 Å².